The number of aryl methyl sites for hydroxylation is 4. The monoisotopic (exact) mass is 356 g/mol. The van der Waals surface area contributed by atoms with Gasteiger partial charge in [-0.2, -0.15) is 0 Å². The first kappa shape index (κ1) is 17.3. The fraction of sp³-hybridized carbons (Fsp3) is 0.208. The second kappa shape index (κ2) is 6.27. The Hall–Kier alpha value is -3.07. The smallest absolute Gasteiger partial charge is 0.249 e. The van der Waals surface area contributed by atoms with Gasteiger partial charge in [-0.3, -0.25) is 4.79 Å². The molecule has 2 N–H and O–H groups in total. The molecule has 1 amide bonds. The van der Waals surface area contributed by atoms with Gasteiger partial charge in [0.15, 0.2) is 0 Å². The zero-order chi connectivity index (χ0) is 19.3. The number of amides is 1. The first-order valence-electron chi connectivity index (χ1n) is 9.25. The number of hydrogen-bond donors (Lipinski definition) is 1. The van der Waals surface area contributed by atoms with Gasteiger partial charge in [-0.1, -0.05) is 35.9 Å². The van der Waals surface area contributed by atoms with Crippen LogP contribution < -0.4 is 5.73 Å². The van der Waals surface area contributed by atoms with E-state index in [2.05, 4.69) is 68.7 Å². The minimum Gasteiger partial charge on any atom is -0.366 e. The predicted octanol–water partition coefficient (Wildman–Crippen LogP) is 5.18. The van der Waals surface area contributed by atoms with Gasteiger partial charge in [0.25, 0.3) is 0 Å². The Morgan fingerprint density at radius 1 is 0.889 bits per heavy atom. The molecule has 3 nitrogen and oxygen atoms in total. The van der Waals surface area contributed by atoms with E-state index in [1.165, 1.54) is 27.8 Å². The summed E-state index contributed by atoms with van der Waals surface area (Å²) >= 11 is 0. The lowest BCUT2D eigenvalue weighted by atomic mass is 9.99. The fourth-order valence-electron chi connectivity index (χ4n) is 4.25. The van der Waals surface area contributed by atoms with Crippen LogP contribution in [0.25, 0.3) is 21.8 Å². The molecule has 27 heavy (non-hydrogen) atoms. The molecular weight excluding hydrogens is 332 g/mol. The van der Waals surface area contributed by atoms with Gasteiger partial charge in [0.05, 0.1) is 5.52 Å². The molecule has 3 heteroatoms. The molecule has 3 aromatic carbocycles. The Labute approximate surface area is 159 Å². The molecule has 4 aromatic rings. The SMILES string of the molecule is Cc1cc(C)c(Cn2c3cc(C)ccc3c3c(C(N)=O)cccc32)c(C)c1. The molecule has 0 unspecified atom stereocenters. The number of aromatic nitrogens is 1. The van der Waals surface area contributed by atoms with Crippen molar-refractivity contribution in [1.82, 2.24) is 4.57 Å². The standard InChI is InChI=1S/C24H24N2O/c1-14-8-9-18-22(12-14)26(13-20-16(3)10-15(2)11-17(20)4)21-7-5-6-19(23(18)21)24(25)27/h5-12H,13H2,1-4H3,(H2,25,27). The molecule has 0 saturated heterocycles. The quantitative estimate of drug-likeness (QED) is 0.540. The normalized spacial score (nSPS) is 11.4. The topological polar surface area (TPSA) is 48.0 Å². The van der Waals surface area contributed by atoms with E-state index >= 15 is 0 Å². The minimum atomic E-state index is -0.386. The summed E-state index contributed by atoms with van der Waals surface area (Å²) in [5.41, 5.74) is 14.8. The summed E-state index contributed by atoms with van der Waals surface area (Å²) in [5.74, 6) is -0.386. The van der Waals surface area contributed by atoms with E-state index in [-0.39, 0.29) is 5.91 Å². The van der Waals surface area contributed by atoms with Crippen LogP contribution in [0.15, 0.2) is 48.5 Å². The summed E-state index contributed by atoms with van der Waals surface area (Å²) < 4.78 is 2.31. The van der Waals surface area contributed by atoms with Crippen LogP contribution in [0.1, 0.15) is 38.2 Å². The van der Waals surface area contributed by atoms with Crippen molar-refractivity contribution in [2.24, 2.45) is 5.73 Å². The fourth-order valence-corrected chi connectivity index (χ4v) is 4.25. The van der Waals surface area contributed by atoms with Crippen LogP contribution in [0.3, 0.4) is 0 Å². The van der Waals surface area contributed by atoms with Crippen molar-refractivity contribution in [1.29, 1.82) is 0 Å². The molecule has 0 aliphatic rings. The van der Waals surface area contributed by atoms with Crippen LogP contribution in [0.5, 0.6) is 0 Å². The van der Waals surface area contributed by atoms with Crippen molar-refractivity contribution in [2.75, 3.05) is 0 Å². The highest BCUT2D eigenvalue weighted by molar-refractivity contribution is 6.17. The number of benzene rings is 3. The summed E-state index contributed by atoms with van der Waals surface area (Å²) in [4.78, 5) is 12.1. The van der Waals surface area contributed by atoms with E-state index in [4.69, 9.17) is 5.73 Å². The number of hydrogen-bond acceptors (Lipinski definition) is 1. The number of carbonyl (C=O) groups is 1. The minimum absolute atomic E-state index is 0.386. The molecule has 1 aromatic heterocycles. The molecular formula is C24H24N2O. The largest absolute Gasteiger partial charge is 0.366 e. The van der Waals surface area contributed by atoms with Gasteiger partial charge in [0.2, 0.25) is 5.91 Å². The number of rotatable bonds is 3. The number of carbonyl (C=O) groups excluding carboxylic acids is 1. The van der Waals surface area contributed by atoms with Gasteiger partial charge >= 0.3 is 0 Å². The zero-order valence-corrected chi connectivity index (χ0v) is 16.3. The molecule has 0 aliphatic carbocycles. The lowest BCUT2D eigenvalue weighted by Crippen LogP contribution is -2.11. The van der Waals surface area contributed by atoms with Crippen molar-refractivity contribution < 1.29 is 4.79 Å². The molecule has 0 bridgehead atoms. The van der Waals surface area contributed by atoms with Crippen molar-refractivity contribution in [3.63, 3.8) is 0 Å². The summed E-state index contributed by atoms with van der Waals surface area (Å²) in [6.45, 7) is 9.34. The Balaban J connectivity index is 2.06. The van der Waals surface area contributed by atoms with Crippen LogP contribution in [-0.4, -0.2) is 10.5 Å². The first-order chi connectivity index (χ1) is 12.9. The average molecular weight is 356 g/mol. The number of fused-ring (bicyclic) bond motifs is 3. The van der Waals surface area contributed by atoms with E-state index in [0.29, 0.717) is 5.56 Å². The maximum atomic E-state index is 12.1. The van der Waals surface area contributed by atoms with E-state index < -0.39 is 0 Å². The Kier molecular flexibility index (Phi) is 4.03. The summed E-state index contributed by atoms with van der Waals surface area (Å²) in [6, 6.07) is 16.7. The van der Waals surface area contributed by atoms with Crippen molar-refractivity contribution in [3.8, 4) is 0 Å². The molecule has 136 valence electrons. The van der Waals surface area contributed by atoms with Crippen LogP contribution >= 0.6 is 0 Å². The summed E-state index contributed by atoms with van der Waals surface area (Å²) in [7, 11) is 0. The van der Waals surface area contributed by atoms with Crippen molar-refractivity contribution in [3.05, 3.63) is 81.9 Å². The molecule has 1 heterocycles. The number of primary amides is 1. The van der Waals surface area contributed by atoms with Gasteiger partial charge in [-0.15, -0.1) is 0 Å². The van der Waals surface area contributed by atoms with Crippen LogP contribution in [0.4, 0.5) is 0 Å². The third kappa shape index (κ3) is 2.80. The van der Waals surface area contributed by atoms with Crippen molar-refractivity contribution in [2.45, 2.75) is 34.2 Å². The van der Waals surface area contributed by atoms with Gasteiger partial charge in [-0.05, 0) is 68.1 Å². The number of nitrogens with two attached hydrogens (primary N) is 1. The summed E-state index contributed by atoms with van der Waals surface area (Å²) in [6.07, 6.45) is 0. The average Bonchev–Trinajstić information content (AvgIpc) is 2.90. The third-order valence-corrected chi connectivity index (χ3v) is 5.47. The van der Waals surface area contributed by atoms with Crippen LogP contribution in [-0.2, 0) is 6.54 Å². The Bertz CT molecular complexity index is 1190. The second-order valence-corrected chi connectivity index (χ2v) is 7.55. The first-order valence-corrected chi connectivity index (χ1v) is 9.25. The molecule has 0 atom stereocenters. The molecule has 4 rings (SSSR count). The zero-order valence-electron chi connectivity index (χ0n) is 16.3. The van der Waals surface area contributed by atoms with E-state index in [0.717, 1.165) is 28.4 Å². The van der Waals surface area contributed by atoms with E-state index in [1.807, 2.05) is 12.1 Å². The third-order valence-electron chi connectivity index (χ3n) is 5.47. The second-order valence-electron chi connectivity index (χ2n) is 7.55. The lowest BCUT2D eigenvalue weighted by molar-refractivity contribution is 0.100. The van der Waals surface area contributed by atoms with Crippen LogP contribution in [0.2, 0.25) is 0 Å². The number of nitrogens with zero attached hydrogens (tertiary/aromatic N) is 1. The highest BCUT2D eigenvalue weighted by atomic mass is 16.1. The highest BCUT2D eigenvalue weighted by Crippen LogP contribution is 2.33. The van der Waals surface area contributed by atoms with Crippen LogP contribution in [0, 0.1) is 27.7 Å². The summed E-state index contributed by atoms with van der Waals surface area (Å²) in [5, 5.41) is 2.02. The van der Waals surface area contributed by atoms with Gasteiger partial charge in [-0.25, -0.2) is 0 Å². The lowest BCUT2D eigenvalue weighted by Gasteiger charge is -2.14. The van der Waals surface area contributed by atoms with Gasteiger partial charge < -0.3 is 10.3 Å². The highest BCUT2D eigenvalue weighted by Gasteiger charge is 2.17. The van der Waals surface area contributed by atoms with Gasteiger partial charge in [0.1, 0.15) is 0 Å². The molecule has 0 fully saturated rings. The molecule has 0 radical (unpaired) electrons. The predicted molar refractivity (Wildman–Crippen MR) is 112 cm³/mol. The maximum Gasteiger partial charge on any atom is 0.249 e. The van der Waals surface area contributed by atoms with Crippen molar-refractivity contribution >= 4 is 27.7 Å². The Morgan fingerprint density at radius 2 is 1.59 bits per heavy atom. The van der Waals surface area contributed by atoms with Gasteiger partial charge in [0, 0.05) is 28.4 Å². The Morgan fingerprint density at radius 3 is 2.26 bits per heavy atom. The maximum absolute atomic E-state index is 12.1. The van der Waals surface area contributed by atoms with E-state index in [9.17, 15) is 4.79 Å². The molecule has 0 aliphatic heterocycles. The van der Waals surface area contributed by atoms with E-state index in [1.54, 1.807) is 0 Å². The molecule has 0 saturated carbocycles. The molecule has 0 spiro atoms.